The van der Waals surface area contributed by atoms with Gasteiger partial charge in [-0.1, -0.05) is 35.9 Å². The molecule has 2 heteroatoms. The van der Waals surface area contributed by atoms with Crippen molar-refractivity contribution >= 4 is 5.69 Å². The lowest BCUT2D eigenvalue weighted by atomic mass is 10.1. The Kier molecular flexibility index (Phi) is 3.26. The van der Waals surface area contributed by atoms with Gasteiger partial charge in [0.2, 0.25) is 0 Å². The topological polar surface area (TPSA) is 15.3 Å². The van der Waals surface area contributed by atoms with E-state index in [0.717, 1.165) is 19.6 Å². The number of nitrogens with one attached hydrogen (secondary N) is 1. The normalized spacial score (nSPS) is 13.4. The fourth-order valence-electron chi connectivity index (χ4n) is 2.61. The predicted octanol–water partition coefficient (Wildman–Crippen LogP) is 3.23. The van der Waals surface area contributed by atoms with Gasteiger partial charge in [-0.25, -0.2) is 0 Å². The Balaban J connectivity index is 1.75. The maximum absolute atomic E-state index is 3.39. The summed E-state index contributed by atoms with van der Waals surface area (Å²) in [5.74, 6) is 0. The largest absolute Gasteiger partial charge is 0.370 e. The summed E-state index contributed by atoms with van der Waals surface area (Å²) in [6.07, 6.45) is 0. The minimum atomic E-state index is 0.955. The quantitative estimate of drug-likeness (QED) is 0.902. The zero-order chi connectivity index (χ0) is 13.2. The average molecular weight is 252 g/mol. The van der Waals surface area contributed by atoms with Crippen LogP contribution in [0.25, 0.3) is 0 Å². The molecule has 0 atom stereocenters. The molecule has 0 fully saturated rings. The molecule has 0 aliphatic carbocycles. The van der Waals surface area contributed by atoms with Crippen LogP contribution in [-0.2, 0) is 19.6 Å². The molecule has 3 rings (SSSR count). The van der Waals surface area contributed by atoms with E-state index in [2.05, 4.69) is 66.7 Å². The Morgan fingerprint density at radius 2 is 1.74 bits per heavy atom. The van der Waals surface area contributed by atoms with Gasteiger partial charge in [-0.05, 0) is 35.7 Å². The van der Waals surface area contributed by atoms with Crippen LogP contribution in [0.5, 0.6) is 0 Å². The van der Waals surface area contributed by atoms with Gasteiger partial charge in [0.25, 0.3) is 0 Å². The summed E-state index contributed by atoms with van der Waals surface area (Å²) < 4.78 is 0. The molecule has 98 valence electrons. The smallest absolute Gasteiger partial charge is 0.0426 e. The van der Waals surface area contributed by atoms with Crippen molar-refractivity contribution in [1.29, 1.82) is 0 Å². The van der Waals surface area contributed by atoms with Crippen LogP contribution in [0.3, 0.4) is 0 Å². The molecule has 0 aromatic heterocycles. The lowest BCUT2D eigenvalue weighted by molar-refractivity contribution is 0.764. The zero-order valence-corrected chi connectivity index (χ0v) is 11.6. The standard InChI is InChI=1S/C17H20N2/c1-13-3-7-17(8-4-13)19(2)12-14-5-6-15-10-18-11-16(15)9-14/h3-9,18H,10-12H2,1-2H3. The van der Waals surface area contributed by atoms with Crippen LogP contribution in [0.1, 0.15) is 22.3 Å². The number of anilines is 1. The molecule has 0 saturated heterocycles. The van der Waals surface area contributed by atoms with Crippen LogP contribution in [-0.4, -0.2) is 7.05 Å². The van der Waals surface area contributed by atoms with Crippen LogP contribution in [0, 0.1) is 6.92 Å². The third-order valence-corrected chi connectivity index (χ3v) is 3.80. The Labute approximate surface area is 115 Å². The minimum absolute atomic E-state index is 0.955. The van der Waals surface area contributed by atoms with E-state index < -0.39 is 0 Å². The lowest BCUT2D eigenvalue weighted by Gasteiger charge is -2.20. The van der Waals surface area contributed by atoms with Gasteiger partial charge in [0.1, 0.15) is 0 Å². The van der Waals surface area contributed by atoms with E-state index in [1.54, 1.807) is 0 Å². The second-order valence-electron chi connectivity index (χ2n) is 5.40. The van der Waals surface area contributed by atoms with E-state index in [4.69, 9.17) is 0 Å². The van der Waals surface area contributed by atoms with Gasteiger partial charge in [-0.2, -0.15) is 0 Å². The second kappa shape index (κ2) is 5.06. The van der Waals surface area contributed by atoms with Crippen LogP contribution in [0.2, 0.25) is 0 Å². The van der Waals surface area contributed by atoms with Gasteiger partial charge in [0.05, 0.1) is 0 Å². The van der Waals surface area contributed by atoms with Gasteiger partial charge >= 0.3 is 0 Å². The summed E-state index contributed by atoms with van der Waals surface area (Å²) >= 11 is 0. The molecule has 2 aromatic rings. The van der Waals surface area contributed by atoms with E-state index in [1.807, 2.05) is 0 Å². The summed E-state index contributed by atoms with van der Waals surface area (Å²) in [7, 11) is 2.15. The van der Waals surface area contributed by atoms with E-state index in [9.17, 15) is 0 Å². The summed E-state index contributed by atoms with van der Waals surface area (Å²) in [5, 5.41) is 3.39. The van der Waals surface area contributed by atoms with E-state index in [1.165, 1.54) is 27.9 Å². The van der Waals surface area contributed by atoms with Crippen molar-refractivity contribution in [2.45, 2.75) is 26.6 Å². The highest BCUT2D eigenvalue weighted by molar-refractivity contribution is 5.47. The first-order chi connectivity index (χ1) is 9.22. The van der Waals surface area contributed by atoms with Gasteiger partial charge in [0.15, 0.2) is 0 Å². The molecule has 0 bridgehead atoms. The fraction of sp³-hybridized carbons (Fsp3) is 0.294. The zero-order valence-electron chi connectivity index (χ0n) is 11.6. The van der Waals surface area contributed by atoms with Crippen molar-refractivity contribution in [1.82, 2.24) is 5.32 Å². The first-order valence-electron chi connectivity index (χ1n) is 6.81. The van der Waals surface area contributed by atoms with Crippen LogP contribution < -0.4 is 10.2 Å². The molecule has 1 aliphatic rings. The molecule has 0 radical (unpaired) electrons. The van der Waals surface area contributed by atoms with E-state index >= 15 is 0 Å². The first kappa shape index (κ1) is 12.2. The average Bonchev–Trinajstić information content (AvgIpc) is 2.87. The van der Waals surface area contributed by atoms with Crippen molar-refractivity contribution in [2.75, 3.05) is 11.9 Å². The molecule has 0 saturated carbocycles. The number of fused-ring (bicyclic) bond motifs is 1. The van der Waals surface area contributed by atoms with Gasteiger partial charge in [0, 0.05) is 32.4 Å². The molecular weight excluding hydrogens is 232 g/mol. The highest BCUT2D eigenvalue weighted by Crippen LogP contribution is 2.20. The highest BCUT2D eigenvalue weighted by Gasteiger charge is 2.10. The molecule has 0 amide bonds. The molecule has 2 nitrogen and oxygen atoms in total. The molecule has 0 unspecified atom stereocenters. The molecule has 1 aliphatic heterocycles. The first-order valence-corrected chi connectivity index (χ1v) is 6.81. The lowest BCUT2D eigenvalue weighted by Crippen LogP contribution is -2.16. The van der Waals surface area contributed by atoms with Gasteiger partial charge in [-0.15, -0.1) is 0 Å². The summed E-state index contributed by atoms with van der Waals surface area (Å²) in [6.45, 7) is 5.11. The SMILES string of the molecule is Cc1ccc(N(C)Cc2ccc3c(c2)CNC3)cc1. The summed E-state index contributed by atoms with van der Waals surface area (Å²) in [5.41, 5.74) is 6.85. The number of aryl methyl sites for hydroxylation is 1. The van der Waals surface area contributed by atoms with Crippen molar-refractivity contribution in [3.63, 3.8) is 0 Å². The van der Waals surface area contributed by atoms with Crippen molar-refractivity contribution in [3.05, 3.63) is 64.7 Å². The minimum Gasteiger partial charge on any atom is -0.370 e. The molecule has 2 aromatic carbocycles. The van der Waals surface area contributed by atoms with Crippen molar-refractivity contribution < 1.29 is 0 Å². The molecule has 0 spiro atoms. The van der Waals surface area contributed by atoms with E-state index in [0.29, 0.717) is 0 Å². The Morgan fingerprint density at radius 3 is 2.53 bits per heavy atom. The van der Waals surface area contributed by atoms with Gasteiger partial charge in [-0.3, -0.25) is 0 Å². The number of hydrogen-bond donors (Lipinski definition) is 1. The van der Waals surface area contributed by atoms with Gasteiger partial charge < -0.3 is 10.2 Å². The summed E-state index contributed by atoms with van der Waals surface area (Å²) in [6, 6.07) is 15.5. The van der Waals surface area contributed by atoms with Crippen molar-refractivity contribution in [2.24, 2.45) is 0 Å². The fourth-order valence-corrected chi connectivity index (χ4v) is 2.61. The monoisotopic (exact) mass is 252 g/mol. The number of benzene rings is 2. The van der Waals surface area contributed by atoms with E-state index in [-0.39, 0.29) is 0 Å². The second-order valence-corrected chi connectivity index (χ2v) is 5.40. The maximum atomic E-state index is 3.39. The van der Waals surface area contributed by atoms with Crippen LogP contribution in [0.4, 0.5) is 5.69 Å². The molecule has 1 heterocycles. The maximum Gasteiger partial charge on any atom is 0.0426 e. The predicted molar refractivity (Wildman–Crippen MR) is 80.3 cm³/mol. The highest BCUT2D eigenvalue weighted by atomic mass is 15.1. The Bertz CT molecular complexity index is 572. The van der Waals surface area contributed by atoms with Crippen LogP contribution in [0.15, 0.2) is 42.5 Å². The summed E-state index contributed by atoms with van der Waals surface area (Å²) in [4.78, 5) is 2.30. The molecule has 19 heavy (non-hydrogen) atoms. The van der Waals surface area contributed by atoms with Crippen molar-refractivity contribution in [3.8, 4) is 0 Å². The Hall–Kier alpha value is -1.80. The molecular formula is C17H20N2. The third-order valence-electron chi connectivity index (χ3n) is 3.80. The third kappa shape index (κ3) is 2.64. The number of rotatable bonds is 3. The number of hydrogen-bond acceptors (Lipinski definition) is 2. The number of nitrogens with zero attached hydrogens (tertiary/aromatic N) is 1. The Morgan fingerprint density at radius 1 is 1.00 bits per heavy atom. The molecule has 1 N–H and O–H groups in total. The van der Waals surface area contributed by atoms with Crippen LogP contribution >= 0.6 is 0 Å².